The highest BCUT2D eigenvalue weighted by Crippen LogP contribution is 2.12. The normalized spacial score (nSPS) is 20.1. The van der Waals surface area contributed by atoms with Gasteiger partial charge in [0, 0.05) is 39.0 Å². The molecule has 7 nitrogen and oxygen atoms in total. The van der Waals surface area contributed by atoms with E-state index >= 15 is 0 Å². The third kappa shape index (κ3) is 3.71. The molecule has 1 N–H and O–H groups in total. The van der Waals surface area contributed by atoms with Gasteiger partial charge >= 0.3 is 6.03 Å². The van der Waals surface area contributed by atoms with Crippen molar-refractivity contribution in [2.75, 3.05) is 45.7 Å². The first kappa shape index (κ1) is 14.8. The van der Waals surface area contributed by atoms with Gasteiger partial charge in [-0.1, -0.05) is 0 Å². The van der Waals surface area contributed by atoms with Crippen molar-refractivity contribution in [3.63, 3.8) is 0 Å². The summed E-state index contributed by atoms with van der Waals surface area (Å²) in [6, 6.07) is 0.161. The highest BCUT2D eigenvalue weighted by atomic mass is 16.5. The summed E-state index contributed by atoms with van der Waals surface area (Å²) in [5.41, 5.74) is 0.720. The number of carbonyl (C=O) groups excluding carboxylic acids is 1. The Hall–Kier alpha value is -1.60. The largest absolute Gasteiger partial charge is 0.383 e. The van der Waals surface area contributed by atoms with Gasteiger partial charge in [-0.15, -0.1) is 0 Å². The zero-order valence-corrected chi connectivity index (χ0v) is 12.4. The molecule has 7 heteroatoms. The number of urea groups is 1. The summed E-state index contributed by atoms with van der Waals surface area (Å²) in [5, 5.41) is 7.08. The Kier molecular flexibility index (Phi) is 4.97. The van der Waals surface area contributed by atoms with Crippen LogP contribution >= 0.6 is 0 Å². The minimum atomic E-state index is -0.0584. The third-order valence-corrected chi connectivity index (χ3v) is 3.50. The number of likely N-dealkylation sites (N-methyl/N-ethyl adjacent to an activating group) is 1. The Morgan fingerprint density at radius 1 is 1.55 bits per heavy atom. The van der Waals surface area contributed by atoms with E-state index in [1.54, 1.807) is 18.0 Å². The Balaban J connectivity index is 1.89. The van der Waals surface area contributed by atoms with E-state index in [4.69, 9.17) is 4.74 Å². The van der Waals surface area contributed by atoms with Gasteiger partial charge in [-0.05, 0) is 14.0 Å². The first-order valence-electron chi connectivity index (χ1n) is 6.87. The highest BCUT2D eigenvalue weighted by Gasteiger charge is 2.25. The first-order valence-corrected chi connectivity index (χ1v) is 6.87. The van der Waals surface area contributed by atoms with Crippen LogP contribution in [0.2, 0.25) is 0 Å². The number of amides is 2. The first-order chi connectivity index (χ1) is 9.60. The van der Waals surface area contributed by atoms with E-state index in [0.717, 1.165) is 25.3 Å². The number of anilines is 1. The molecule has 20 heavy (non-hydrogen) atoms. The number of nitrogens with zero attached hydrogens (tertiary/aromatic N) is 4. The number of methoxy groups -OCH3 is 1. The molecule has 1 atom stereocenters. The van der Waals surface area contributed by atoms with E-state index < -0.39 is 0 Å². The van der Waals surface area contributed by atoms with Gasteiger partial charge in [0.25, 0.3) is 0 Å². The zero-order valence-electron chi connectivity index (χ0n) is 12.4. The summed E-state index contributed by atoms with van der Waals surface area (Å²) in [6.45, 7) is 5.91. The number of rotatable bonds is 4. The third-order valence-electron chi connectivity index (χ3n) is 3.50. The van der Waals surface area contributed by atoms with Gasteiger partial charge in [0.2, 0.25) is 0 Å². The molecular weight excluding hydrogens is 258 g/mol. The lowest BCUT2D eigenvalue weighted by Gasteiger charge is -2.37. The van der Waals surface area contributed by atoms with Gasteiger partial charge in [-0.3, -0.25) is 4.68 Å². The maximum atomic E-state index is 12.2. The lowest BCUT2D eigenvalue weighted by Crippen LogP contribution is -2.53. The van der Waals surface area contributed by atoms with Crippen molar-refractivity contribution >= 4 is 11.7 Å². The van der Waals surface area contributed by atoms with Gasteiger partial charge in [-0.2, -0.15) is 5.10 Å². The van der Waals surface area contributed by atoms with Gasteiger partial charge in [0.15, 0.2) is 0 Å². The van der Waals surface area contributed by atoms with Crippen molar-refractivity contribution in [1.82, 2.24) is 19.6 Å². The predicted molar refractivity (Wildman–Crippen MR) is 76.8 cm³/mol. The van der Waals surface area contributed by atoms with Gasteiger partial charge < -0.3 is 19.9 Å². The van der Waals surface area contributed by atoms with Gasteiger partial charge in [-0.25, -0.2) is 4.79 Å². The maximum Gasteiger partial charge on any atom is 0.322 e. The van der Waals surface area contributed by atoms with E-state index in [2.05, 4.69) is 29.3 Å². The van der Waals surface area contributed by atoms with Crippen molar-refractivity contribution in [2.45, 2.75) is 19.5 Å². The number of hydrogen-bond donors (Lipinski definition) is 1. The average Bonchev–Trinajstić information content (AvgIpc) is 2.83. The fourth-order valence-corrected chi connectivity index (χ4v) is 2.37. The standard InChI is InChI=1S/C13H23N5O2/c1-11-9-16(2)4-5-18(11)13(19)15-12-8-14-17(10-12)6-7-20-3/h8,10-11H,4-7,9H2,1-3H3,(H,15,19)/t11-/m1/s1. The number of aromatic nitrogens is 2. The number of carbonyl (C=O) groups is 1. The topological polar surface area (TPSA) is 62.6 Å². The molecule has 1 fully saturated rings. The van der Waals surface area contributed by atoms with Crippen molar-refractivity contribution in [2.24, 2.45) is 0 Å². The fraction of sp³-hybridized carbons (Fsp3) is 0.692. The molecule has 0 radical (unpaired) electrons. The smallest absolute Gasteiger partial charge is 0.322 e. The lowest BCUT2D eigenvalue weighted by atomic mass is 10.2. The molecule has 1 aliphatic rings. The van der Waals surface area contributed by atoms with Crippen molar-refractivity contribution in [3.05, 3.63) is 12.4 Å². The second-order valence-corrected chi connectivity index (χ2v) is 5.22. The van der Waals surface area contributed by atoms with Crippen LogP contribution in [-0.4, -0.2) is 72.1 Å². The predicted octanol–water partition coefficient (Wildman–Crippen LogP) is 0.697. The molecule has 0 unspecified atom stereocenters. The van der Waals surface area contributed by atoms with Crippen molar-refractivity contribution < 1.29 is 9.53 Å². The summed E-state index contributed by atoms with van der Waals surface area (Å²) in [7, 11) is 3.73. The monoisotopic (exact) mass is 281 g/mol. The average molecular weight is 281 g/mol. The van der Waals surface area contributed by atoms with E-state index in [1.807, 2.05) is 11.1 Å². The fourth-order valence-electron chi connectivity index (χ4n) is 2.37. The maximum absolute atomic E-state index is 12.2. The molecule has 1 aliphatic heterocycles. The van der Waals surface area contributed by atoms with Gasteiger partial charge in [0.05, 0.1) is 25.0 Å². The number of hydrogen-bond acceptors (Lipinski definition) is 4. The molecule has 1 aromatic rings. The Bertz CT molecular complexity index is 448. The Morgan fingerprint density at radius 2 is 2.35 bits per heavy atom. The lowest BCUT2D eigenvalue weighted by molar-refractivity contribution is 0.125. The van der Waals surface area contributed by atoms with Crippen LogP contribution in [0, 0.1) is 0 Å². The minimum absolute atomic E-state index is 0.0584. The number of nitrogens with one attached hydrogen (secondary N) is 1. The van der Waals surface area contributed by atoms with Crippen molar-refractivity contribution in [1.29, 1.82) is 0 Å². The second-order valence-electron chi connectivity index (χ2n) is 5.22. The van der Waals surface area contributed by atoms with Crippen molar-refractivity contribution in [3.8, 4) is 0 Å². The number of ether oxygens (including phenoxy) is 1. The van der Waals surface area contributed by atoms with Crippen LogP contribution in [-0.2, 0) is 11.3 Å². The Morgan fingerprint density at radius 3 is 3.05 bits per heavy atom. The van der Waals surface area contributed by atoms with E-state index in [0.29, 0.717) is 13.2 Å². The van der Waals surface area contributed by atoms with E-state index in [1.165, 1.54) is 0 Å². The summed E-state index contributed by atoms with van der Waals surface area (Å²) in [4.78, 5) is 16.3. The molecular formula is C13H23N5O2. The molecule has 1 saturated heterocycles. The summed E-state index contributed by atoms with van der Waals surface area (Å²) in [6.07, 6.45) is 3.48. The molecule has 112 valence electrons. The molecule has 0 aromatic carbocycles. The molecule has 0 spiro atoms. The Labute approximate surface area is 119 Å². The van der Waals surface area contributed by atoms with Crippen LogP contribution in [0.5, 0.6) is 0 Å². The van der Waals surface area contributed by atoms with Crippen LogP contribution in [0.4, 0.5) is 10.5 Å². The summed E-state index contributed by atoms with van der Waals surface area (Å²) in [5.74, 6) is 0. The highest BCUT2D eigenvalue weighted by molar-refractivity contribution is 5.89. The molecule has 1 aromatic heterocycles. The van der Waals surface area contributed by atoms with Crippen LogP contribution in [0.25, 0.3) is 0 Å². The van der Waals surface area contributed by atoms with Crippen LogP contribution in [0.1, 0.15) is 6.92 Å². The molecule has 0 aliphatic carbocycles. The van der Waals surface area contributed by atoms with E-state index in [9.17, 15) is 4.79 Å². The number of piperazine rings is 1. The van der Waals surface area contributed by atoms with Gasteiger partial charge in [0.1, 0.15) is 0 Å². The second kappa shape index (κ2) is 6.71. The van der Waals surface area contributed by atoms with E-state index in [-0.39, 0.29) is 12.1 Å². The minimum Gasteiger partial charge on any atom is -0.383 e. The van der Waals surface area contributed by atoms with Crippen LogP contribution < -0.4 is 5.32 Å². The molecule has 0 saturated carbocycles. The molecule has 2 rings (SSSR count). The van der Waals surface area contributed by atoms with Crippen LogP contribution in [0.15, 0.2) is 12.4 Å². The van der Waals surface area contributed by atoms with Crippen LogP contribution in [0.3, 0.4) is 0 Å². The SMILES string of the molecule is COCCn1cc(NC(=O)N2CCN(C)C[C@H]2C)cn1. The molecule has 0 bridgehead atoms. The molecule has 2 heterocycles. The summed E-state index contributed by atoms with van der Waals surface area (Å²) >= 11 is 0. The summed E-state index contributed by atoms with van der Waals surface area (Å²) < 4.78 is 6.75. The quantitative estimate of drug-likeness (QED) is 0.882. The molecule has 2 amide bonds. The zero-order chi connectivity index (χ0) is 14.5.